The fourth-order valence-electron chi connectivity index (χ4n) is 2.09. The van der Waals surface area contributed by atoms with Gasteiger partial charge >= 0.3 is 0 Å². The zero-order valence-electron chi connectivity index (χ0n) is 11.4. The van der Waals surface area contributed by atoms with E-state index in [1.165, 1.54) is 0 Å². The molecule has 0 radical (unpaired) electrons. The quantitative estimate of drug-likeness (QED) is 0.823. The van der Waals surface area contributed by atoms with Crippen molar-refractivity contribution in [3.8, 4) is 0 Å². The second-order valence-electron chi connectivity index (χ2n) is 4.76. The number of halogens is 1. The summed E-state index contributed by atoms with van der Waals surface area (Å²) in [6.45, 7) is 1.93. The van der Waals surface area contributed by atoms with Crippen molar-refractivity contribution >= 4 is 21.8 Å². The van der Waals surface area contributed by atoms with Crippen molar-refractivity contribution in [2.75, 3.05) is 5.33 Å². The van der Waals surface area contributed by atoms with Crippen LogP contribution < -0.4 is 5.32 Å². The molecule has 0 saturated heterocycles. The lowest BCUT2D eigenvalue weighted by atomic mass is 9.99. The van der Waals surface area contributed by atoms with Crippen LogP contribution >= 0.6 is 15.9 Å². The smallest absolute Gasteiger partial charge is 0.227 e. The topological polar surface area (TPSA) is 29.1 Å². The highest BCUT2D eigenvalue weighted by molar-refractivity contribution is 9.09. The summed E-state index contributed by atoms with van der Waals surface area (Å²) >= 11 is 3.47. The van der Waals surface area contributed by atoms with Gasteiger partial charge in [0.05, 0.1) is 12.0 Å². The molecule has 0 saturated carbocycles. The van der Waals surface area contributed by atoms with Gasteiger partial charge in [-0.1, -0.05) is 76.6 Å². The van der Waals surface area contributed by atoms with E-state index >= 15 is 0 Å². The van der Waals surface area contributed by atoms with E-state index in [1.807, 2.05) is 67.6 Å². The van der Waals surface area contributed by atoms with Crippen LogP contribution in [0.5, 0.6) is 0 Å². The molecule has 1 N–H and O–H groups in total. The standard InChI is InChI=1S/C17H18BrNO/c1-13(14-8-4-2-5-9-14)17(20)19-16(12-18)15-10-6-3-7-11-15/h2-11,13,16H,12H2,1H3,(H,19,20). The zero-order chi connectivity index (χ0) is 14.4. The molecule has 104 valence electrons. The number of hydrogen-bond donors (Lipinski definition) is 1. The predicted molar refractivity (Wildman–Crippen MR) is 86.0 cm³/mol. The first-order valence-corrected chi connectivity index (χ1v) is 7.80. The van der Waals surface area contributed by atoms with Crippen LogP contribution in [0.4, 0.5) is 0 Å². The van der Waals surface area contributed by atoms with Crippen LogP contribution in [0.2, 0.25) is 0 Å². The van der Waals surface area contributed by atoms with Crippen LogP contribution in [0, 0.1) is 0 Å². The third-order valence-electron chi connectivity index (χ3n) is 3.37. The Kier molecular flexibility index (Phi) is 5.36. The number of carbonyl (C=O) groups excluding carboxylic acids is 1. The Bertz CT molecular complexity index is 541. The summed E-state index contributed by atoms with van der Waals surface area (Å²) in [5.74, 6) is -0.106. The fourth-order valence-corrected chi connectivity index (χ4v) is 2.62. The normalized spacial score (nSPS) is 13.5. The molecule has 2 atom stereocenters. The second-order valence-corrected chi connectivity index (χ2v) is 5.41. The minimum Gasteiger partial charge on any atom is -0.348 e. The van der Waals surface area contributed by atoms with E-state index in [4.69, 9.17) is 0 Å². The van der Waals surface area contributed by atoms with Gasteiger partial charge in [0.2, 0.25) is 5.91 Å². The lowest BCUT2D eigenvalue weighted by Gasteiger charge is -2.20. The van der Waals surface area contributed by atoms with Crippen molar-refractivity contribution in [3.63, 3.8) is 0 Å². The molecule has 0 aliphatic heterocycles. The van der Waals surface area contributed by atoms with Crippen LogP contribution in [0.1, 0.15) is 30.0 Å². The maximum Gasteiger partial charge on any atom is 0.227 e. The van der Waals surface area contributed by atoms with Gasteiger partial charge < -0.3 is 5.32 Å². The molecule has 0 aliphatic rings. The van der Waals surface area contributed by atoms with Crippen LogP contribution in [0.15, 0.2) is 60.7 Å². The fraction of sp³-hybridized carbons (Fsp3) is 0.235. The number of carbonyl (C=O) groups is 1. The van der Waals surface area contributed by atoms with E-state index in [2.05, 4.69) is 21.2 Å². The Morgan fingerprint density at radius 3 is 2.00 bits per heavy atom. The number of nitrogens with one attached hydrogen (secondary N) is 1. The van der Waals surface area contributed by atoms with Gasteiger partial charge in [-0.05, 0) is 18.1 Å². The van der Waals surface area contributed by atoms with Crippen LogP contribution in [0.25, 0.3) is 0 Å². The summed E-state index contributed by atoms with van der Waals surface area (Å²) in [6.07, 6.45) is 0. The first-order chi connectivity index (χ1) is 9.72. The van der Waals surface area contributed by atoms with Gasteiger partial charge in [-0.15, -0.1) is 0 Å². The van der Waals surface area contributed by atoms with Crippen molar-refractivity contribution in [3.05, 3.63) is 71.8 Å². The van der Waals surface area contributed by atoms with Crippen molar-refractivity contribution in [2.24, 2.45) is 0 Å². The summed E-state index contributed by atoms with van der Waals surface area (Å²) < 4.78 is 0. The van der Waals surface area contributed by atoms with E-state index in [9.17, 15) is 4.79 Å². The average Bonchev–Trinajstić information content (AvgIpc) is 2.53. The van der Waals surface area contributed by atoms with Gasteiger partial charge in [-0.25, -0.2) is 0 Å². The molecule has 0 heterocycles. The minimum absolute atomic E-state index is 0.00476. The molecule has 2 nitrogen and oxygen atoms in total. The van der Waals surface area contributed by atoms with E-state index in [-0.39, 0.29) is 17.9 Å². The summed E-state index contributed by atoms with van der Waals surface area (Å²) in [7, 11) is 0. The number of alkyl halides is 1. The predicted octanol–water partition coefficient (Wildman–Crippen LogP) is 4.04. The van der Waals surface area contributed by atoms with E-state index in [0.29, 0.717) is 5.33 Å². The number of rotatable bonds is 5. The molecule has 2 aromatic rings. The highest BCUT2D eigenvalue weighted by atomic mass is 79.9. The second kappa shape index (κ2) is 7.25. The summed E-state index contributed by atoms with van der Waals surface area (Å²) in [4.78, 5) is 12.4. The molecular weight excluding hydrogens is 314 g/mol. The van der Waals surface area contributed by atoms with E-state index in [1.54, 1.807) is 0 Å². The highest BCUT2D eigenvalue weighted by Crippen LogP contribution is 2.19. The molecule has 0 aromatic heterocycles. The lowest BCUT2D eigenvalue weighted by molar-refractivity contribution is -0.122. The lowest BCUT2D eigenvalue weighted by Crippen LogP contribution is -2.32. The Balaban J connectivity index is 2.06. The maximum absolute atomic E-state index is 12.4. The molecule has 2 aromatic carbocycles. The Morgan fingerprint density at radius 2 is 1.50 bits per heavy atom. The Hall–Kier alpha value is -1.61. The number of amides is 1. The first kappa shape index (κ1) is 14.8. The molecule has 0 fully saturated rings. The molecular formula is C17H18BrNO. The Labute approximate surface area is 128 Å². The van der Waals surface area contributed by atoms with Crippen molar-refractivity contribution in [1.82, 2.24) is 5.32 Å². The van der Waals surface area contributed by atoms with Gasteiger partial charge in [0, 0.05) is 5.33 Å². The average molecular weight is 332 g/mol. The monoisotopic (exact) mass is 331 g/mol. The zero-order valence-corrected chi connectivity index (χ0v) is 13.0. The Morgan fingerprint density at radius 1 is 1.00 bits per heavy atom. The SMILES string of the molecule is CC(C(=O)NC(CBr)c1ccccc1)c1ccccc1. The van der Waals surface area contributed by atoms with Crippen molar-refractivity contribution in [2.45, 2.75) is 18.9 Å². The molecule has 2 rings (SSSR count). The van der Waals surface area contributed by atoms with Gasteiger partial charge in [-0.3, -0.25) is 4.79 Å². The van der Waals surface area contributed by atoms with Gasteiger partial charge in [0.15, 0.2) is 0 Å². The maximum atomic E-state index is 12.4. The van der Waals surface area contributed by atoms with Gasteiger partial charge in [-0.2, -0.15) is 0 Å². The molecule has 0 spiro atoms. The van der Waals surface area contributed by atoms with E-state index in [0.717, 1.165) is 11.1 Å². The van der Waals surface area contributed by atoms with Crippen LogP contribution in [-0.2, 0) is 4.79 Å². The number of benzene rings is 2. The third kappa shape index (κ3) is 3.70. The summed E-state index contributed by atoms with van der Waals surface area (Å²) in [6, 6.07) is 19.8. The van der Waals surface area contributed by atoms with Gasteiger partial charge in [0.1, 0.15) is 0 Å². The highest BCUT2D eigenvalue weighted by Gasteiger charge is 2.19. The van der Waals surface area contributed by atoms with Crippen LogP contribution in [-0.4, -0.2) is 11.2 Å². The van der Waals surface area contributed by atoms with Crippen molar-refractivity contribution in [1.29, 1.82) is 0 Å². The molecule has 3 heteroatoms. The number of hydrogen-bond acceptors (Lipinski definition) is 1. The molecule has 0 aliphatic carbocycles. The van der Waals surface area contributed by atoms with E-state index < -0.39 is 0 Å². The molecule has 20 heavy (non-hydrogen) atoms. The summed E-state index contributed by atoms with van der Waals surface area (Å²) in [5, 5.41) is 3.79. The third-order valence-corrected chi connectivity index (χ3v) is 4.01. The minimum atomic E-state index is -0.151. The van der Waals surface area contributed by atoms with Crippen molar-refractivity contribution < 1.29 is 4.79 Å². The molecule has 0 bridgehead atoms. The largest absolute Gasteiger partial charge is 0.348 e. The molecule has 2 unspecified atom stereocenters. The first-order valence-electron chi connectivity index (χ1n) is 6.68. The summed E-state index contributed by atoms with van der Waals surface area (Å²) in [5.41, 5.74) is 2.14. The van der Waals surface area contributed by atoms with Gasteiger partial charge in [0.25, 0.3) is 0 Å². The molecule has 1 amide bonds. The van der Waals surface area contributed by atoms with Crippen LogP contribution in [0.3, 0.4) is 0 Å².